The summed E-state index contributed by atoms with van der Waals surface area (Å²) >= 11 is 0. The molecule has 0 radical (unpaired) electrons. The second kappa shape index (κ2) is 3.11. The molecule has 3 heteroatoms. The number of aromatic nitrogens is 1. The quantitative estimate of drug-likeness (QED) is 0.697. The summed E-state index contributed by atoms with van der Waals surface area (Å²) in [5.41, 5.74) is 3.29. The molecule has 15 heavy (non-hydrogen) atoms. The van der Waals surface area contributed by atoms with E-state index < -0.39 is 0 Å². The van der Waals surface area contributed by atoms with E-state index in [0.717, 1.165) is 25.2 Å². The molecular weight excluding hydrogens is 186 g/mol. The minimum absolute atomic E-state index is 0.735. The third kappa shape index (κ3) is 1.23. The SMILES string of the molecule is N#Cc1ccc2c(c1)cc1n2CCNC1. The zero-order valence-corrected chi connectivity index (χ0v) is 8.33. The Morgan fingerprint density at radius 2 is 2.27 bits per heavy atom. The van der Waals surface area contributed by atoms with Crippen LogP contribution in [0.25, 0.3) is 10.9 Å². The van der Waals surface area contributed by atoms with Gasteiger partial charge in [-0.3, -0.25) is 0 Å². The van der Waals surface area contributed by atoms with Crippen molar-refractivity contribution in [1.29, 1.82) is 5.26 Å². The normalized spacial score (nSPS) is 14.9. The lowest BCUT2D eigenvalue weighted by atomic mass is 10.2. The van der Waals surface area contributed by atoms with Crippen LogP contribution in [0.2, 0.25) is 0 Å². The van der Waals surface area contributed by atoms with Crippen molar-refractivity contribution in [1.82, 2.24) is 9.88 Å². The molecule has 3 rings (SSSR count). The Hall–Kier alpha value is -1.79. The molecule has 74 valence electrons. The summed E-state index contributed by atoms with van der Waals surface area (Å²) in [6, 6.07) is 10.2. The smallest absolute Gasteiger partial charge is 0.0991 e. The third-order valence-corrected chi connectivity index (χ3v) is 2.93. The first-order valence-corrected chi connectivity index (χ1v) is 5.11. The molecule has 0 bridgehead atoms. The molecule has 0 aliphatic carbocycles. The molecule has 0 spiro atoms. The summed E-state index contributed by atoms with van der Waals surface area (Å²) in [6.07, 6.45) is 0. The molecule has 1 aliphatic rings. The van der Waals surface area contributed by atoms with Crippen molar-refractivity contribution >= 4 is 10.9 Å². The lowest BCUT2D eigenvalue weighted by Crippen LogP contribution is -2.27. The van der Waals surface area contributed by atoms with Crippen LogP contribution < -0.4 is 5.32 Å². The topological polar surface area (TPSA) is 40.8 Å². The first-order chi connectivity index (χ1) is 7.38. The van der Waals surface area contributed by atoms with Crippen LogP contribution in [0.4, 0.5) is 0 Å². The second-order valence-electron chi connectivity index (χ2n) is 3.85. The number of benzene rings is 1. The highest BCUT2D eigenvalue weighted by Crippen LogP contribution is 2.22. The summed E-state index contributed by atoms with van der Waals surface area (Å²) in [5.74, 6) is 0. The standard InChI is InChI=1S/C12H11N3/c13-7-9-1-2-12-10(5-9)6-11-8-14-3-4-15(11)12/h1-2,5-6,14H,3-4,8H2. The largest absolute Gasteiger partial charge is 0.342 e. The van der Waals surface area contributed by atoms with Gasteiger partial charge in [0.25, 0.3) is 0 Å². The number of nitrogens with one attached hydrogen (secondary N) is 1. The highest BCUT2D eigenvalue weighted by atomic mass is 15.1. The average Bonchev–Trinajstić information content (AvgIpc) is 2.66. The van der Waals surface area contributed by atoms with Crippen LogP contribution in [0.1, 0.15) is 11.3 Å². The fourth-order valence-corrected chi connectivity index (χ4v) is 2.22. The van der Waals surface area contributed by atoms with Gasteiger partial charge in [-0.15, -0.1) is 0 Å². The predicted octanol–water partition coefficient (Wildman–Crippen LogP) is 1.62. The summed E-state index contributed by atoms with van der Waals surface area (Å²) < 4.78 is 2.33. The summed E-state index contributed by atoms with van der Waals surface area (Å²) in [4.78, 5) is 0. The maximum absolute atomic E-state index is 8.83. The molecule has 1 aliphatic heterocycles. The number of rotatable bonds is 0. The van der Waals surface area contributed by atoms with Crippen molar-refractivity contribution in [3.63, 3.8) is 0 Å². The molecule has 2 aromatic rings. The van der Waals surface area contributed by atoms with Gasteiger partial charge in [0, 0.05) is 36.2 Å². The first-order valence-electron chi connectivity index (χ1n) is 5.11. The Morgan fingerprint density at radius 3 is 3.13 bits per heavy atom. The van der Waals surface area contributed by atoms with E-state index in [-0.39, 0.29) is 0 Å². The zero-order chi connectivity index (χ0) is 10.3. The number of fused-ring (bicyclic) bond motifs is 3. The van der Waals surface area contributed by atoms with Gasteiger partial charge >= 0.3 is 0 Å². The molecule has 0 unspecified atom stereocenters. The van der Waals surface area contributed by atoms with Gasteiger partial charge in [0.05, 0.1) is 11.6 Å². The average molecular weight is 197 g/mol. The van der Waals surface area contributed by atoms with E-state index in [1.165, 1.54) is 16.6 Å². The van der Waals surface area contributed by atoms with Crippen molar-refractivity contribution < 1.29 is 0 Å². The number of hydrogen-bond acceptors (Lipinski definition) is 2. The van der Waals surface area contributed by atoms with Crippen molar-refractivity contribution in [3.05, 3.63) is 35.5 Å². The molecule has 1 aromatic heterocycles. The van der Waals surface area contributed by atoms with Crippen molar-refractivity contribution in [2.75, 3.05) is 6.54 Å². The van der Waals surface area contributed by atoms with Gasteiger partial charge in [-0.1, -0.05) is 0 Å². The third-order valence-electron chi connectivity index (χ3n) is 2.93. The first kappa shape index (κ1) is 8.51. The molecule has 1 N–H and O–H groups in total. The number of nitriles is 1. The van der Waals surface area contributed by atoms with E-state index in [4.69, 9.17) is 5.26 Å². The van der Waals surface area contributed by atoms with Crippen molar-refractivity contribution in [2.45, 2.75) is 13.1 Å². The molecule has 0 saturated carbocycles. The fraction of sp³-hybridized carbons (Fsp3) is 0.250. The lowest BCUT2D eigenvalue weighted by molar-refractivity contribution is 0.527. The van der Waals surface area contributed by atoms with Gasteiger partial charge in [-0.2, -0.15) is 5.26 Å². The highest BCUT2D eigenvalue weighted by molar-refractivity contribution is 5.82. The van der Waals surface area contributed by atoms with Crippen LogP contribution in [0.15, 0.2) is 24.3 Å². The predicted molar refractivity (Wildman–Crippen MR) is 58.4 cm³/mol. The van der Waals surface area contributed by atoms with Gasteiger partial charge < -0.3 is 9.88 Å². The summed E-state index contributed by atoms with van der Waals surface area (Å²) in [7, 11) is 0. The zero-order valence-electron chi connectivity index (χ0n) is 8.33. The highest BCUT2D eigenvalue weighted by Gasteiger charge is 2.11. The molecule has 0 amide bonds. The van der Waals surface area contributed by atoms with Gasteiger partial charge in [0.15, 0.2) is 0 Å². The van der Waals surface area contributed by atoms with Crippen molar-refractivity contribution in [3.8, 4) is 6.07 Å². The van der Waals surface area contributed by atoms with E-state index in [2.05, 4.69) is 22.0 Å². The van der Waals surface area contributed by atoms with E-state index in [9.17, 15) is 0 Å². The Balaban J connectivity index is 2.28. The molecule has 0 atom stereocenters. The minimum Gasteiger partial charge on any atom is -0.342 e. The number of hydrogen-bond donors (Lipinski definition) is 1. The van der Waals surface area contributed by atoms with Crippen LogP contribution in [0.3, 0.4) is 0 Å². The van der Waals surface area contributed by atoms with Crippen LogP contribution in [0, 0.1) is 11.3 Å². The molecule has 1 aromatic carbocycles. The van der Waals surface area contributed by atoms with E-state index >= 15 is 0 Å². The Morgan fingerprint density at radius 1 is 1.33 bits per heavy atom. The monoisotopic (exact) mass is 197 g/mol. The number of nitrogens with zero attached hydrogens (tertiary/aromatic N) is 2. The van der Waals surface area contributed by atoms with E-state index in [0.29, 0.717) is 0 Å². The van der Waals surface area contributed by atoms with Crippen molar-refractivity contribution in [2.24, 2.45) is 0 Å². The Bertz CT molecular complexity index is 560. The molecular formula is C12H11N3. The lowest BCUT2D eigenvalue weighted by Gasteiger charge is -2.16. The van der Waals surface area contributed by atoms with Crippen LogP contribution in [-0.4, -0.2) is 11.1 Å². The Kier molecular flexibility index (Phi) is 1.77. The van der Waals surface area contributed by atoms with Crippen LogP contribution in [-0.2, 0) is 13.1 Å². The summed E-state index contributed by atoms with van der Waals surface area (Å²) in [5, 5.41) is 13.3. The van der Waals surface area contributed by atoms with Gasteiger partial charge in [0.1, 0.15) is 0 Å². The van der Waals surface area contributed by atoms with Crippen LogP contribution >= 0.6 is 0 Å². The van der Waals surface area contributed by atoms with Gasteiger partial charge in [-0.05, 0) is 24.3 Å². The van der Waals surface area contributed by atoms with E-state index in [1.807, 2.05) is 18.2 Å². The molecule has 0 fully saturated rings. The van der Waals surface area contributed by atoms with Crippen LogP contribution in [0.5, 0.6) is 0 Å². The molecule has 2 heterocycles. The Labute approximate surface area is 87.9 Å². The van der Waals surface area contributed by atoms with Gasteiger partial charge in [0.2, 0.25) is 0 Å². The maximum atomic E-state index is 8.83. The summed E-state index contributed by atoms with van der Waals surface area (Å²) in [6.45, 7) is 2.97. The molecule has 3 nitrogen and oxygen atoms in total. The fourth-order valence-electron chi connectivity index (χ4n) is 2.22. The van der Waals surface area contributed by atoms with E-state index in [1.54, 1.807) is 0 Å². The minimum atomic E-state index is 0.735. The maximum Gasteiger partial charge on any atom is 0.0991 e. The molecule has 0 saturated heterocycles. The van der Waals surface area contributed by atoms with Gasteiger partial charge in [-0.25, -0.2) is 0 Å². The second-order valence-corrected chi connectivity index (χ2v) is 3.85.